The lowest BCUT2D eigenvalue weighted by atomic mass is 9.93. The summed E-state index contributed by atoms with van der Waals surface area (Å²) in [4.78, 5) is 49.3. The number of nitrogens with one attached hydrogen (secondary N) is 1. The number of aliphatic hydroxyl groups excluding tert-OH is 1. The molecule has 0 aromatic rings. The second kappa shape index (κ2) is 10.4. The maximum Gasteiger partial charge on any atom is 0.313 e. The number of hydrogen-bond donors (Lipinski definition) is 2. The van der Waals surface area contributed by atoms with Crippen molar-refractivity contribution < 1.29 is 43.2 Å². The largest absolute Gasteiger partial charge is 0.462 e. The Labute approximate surface area is 195 Å². The average molecular weight is 474 g/mol. The minimum Gasteiger partial charge on any atom is -0.462 e. The first-order valence-corrected chi connectivity index (χ1v) is 10.9. The van der Waals surface area contributed by atoms with Crippen LogP contribution >= 0.6 is 0 Å². The first kappa shape index (κ1) is 28.8. The van der Waals surface area contributed by atoms with Crippen molar-refractivity contribution in [1.82, 2.24) is 5.32 Å². The predicted octanol–water partition coefficient (Wildman–Crippen LogP) is 1.71. The lowest BCUT2D eigenvalue weighted by molar-refractivity contribution is -0.272. The maximum absolute atomic E-state index is 12.6. The van der Waals surface area contributed by atoms with Crippen LogP contribution in [0.1, 0.15) is 69.2 Å². The summed E-state index contributed by atoms with van der Waals surface area (Å²) in [5, 5.41) is 13.5. The highest BCUT2D eigenvalue weighted by molar-refractivity contribution is 5.77. The molecule has 0 unspecified atom stereocenters. The zero-order chi connectivity index (χ0) is 25.9. The number of amides is 1. The number of esters is 3. The molecule has 10 heteroatoms. The molecule has 1 aliphatic heterocycles. The molecule has 33 heavy (non-hydrogen) atoms. The Morgan fingerprint density at radius 3 is 1.70 bits per heavy atom. The van der Waals surface area contributed by atoms with Crippen molar-refractivity contribution in [3.05, 3.63) is 0 Å². The fourth-order valence-electron chi connectivity index (χ4n) is 2.64. The SMILES string of the molecule is CC(=O)N[C@H]1[C@H](OC(=O)C(C)(C)C)O[C@H](COC(=O)C(C)(C)C)[C@@H](O)[C@@H]1OC(=O)C(C)(C)C. The highest BCUT2D eigenvalue weighted by atomic mass is 16.7. The van der Waals surface area contributed by atoms with E-state index < -0.39 is 70.7 Å². The molecule has 1 saturated heterocycles. The molecule has 5 atom stereocenters. The lowest BCUT2D eigenvalue weighted by Gasteiger charge is -2.44. The van der Waals surface area contributed by atoms with E-state index in [0.717, 1.165) is 0 Å². The van der Waals surface area contributed by atoms with Crippen molar-refractivity contribution in [3.63, 3.8) is 0 Å². The van der Waals surface area contributed by atoms with Crippen LogP contribution in [0.2, 0.25) is 0 Å². The van der Waals surface area contributed by atoms with Crippen molar-refractivity contribution >= 4 is 23.8 Å². The number of rotatable bonds is 5. The Morgan fingerprint density at radius 2 is 1.27 bits per heavy atom. The van der Waals surface area contributed by atoms with E-state index in [0.29, 0.717) is 0 Å². The number of hydrogen-bond acceptors (Lipinski definition) is 9. The Bertz CT molecular complexity index is 743. The third kappa shape index (κ3) is 8.26. The zero-order valence-electron chi connectivity index (χ0n) is 21.3. The van der Waals surface area contributed by atoms with Gasteiger partial charge in [-0.3, -0.25) is 19.2 Å². The summed E-state index contributed by atoms with van der Waals surface area (Å²) in [6, 6.07) is -1.19. The molecule has 0 aliphatic carbocycles. The van der Waals surface area contributed by atoms with Gasteiger partial charge in [-0.1, -0.05) is 0 Å². The second-order valence-electron chi connectivity index (χ2n) is 11.4. The van der Waals surface area contributed by atoms with Gasteiger partial charge in [0.25, 0.3) is 0 Å². The third-order valence-electron chi connectivity index (χ3n) is 4.73. The minimum absolute atomic E-state index is 0.378. The molecule has 0 aromatic heterocycles. The Morgan fingerprint density at radius 1 is 0.818 bits per heavy atom. The van der Waals surface area contributed by atoms with Crippen LogP contribution in [0.3, 0.4) is 0 Å². The molecule has 10 nitrogen and oxygen atoms in total. The number of carbonyl (C=O) groups excluding carboxylic acids is 4. The summed E-state index contributed by atoms with van der Waals surface area (Å²) >= 11 is 0. The van der Waals surface area contributed by atoms with Crippen LogP contribution < -0.4 is 5.32 Å². The standard InChI is InChI=1S/C23H39NO9/c1-12(25)24-14-16(32-19(28)22(5,6)7)15(26)13(11-30-18(27)21(2,3)4)31-17(14)33-20(29)23(8,9)10/h13-17,26H,11H2,1-10H3,(H,24,25)/t13-,14-,15-,16-,17+/m1/s1. The van der Waals surface area contributed by atoms with E-state index >= 15 is 0 Å². The van der Waals surface area contributed by atoms with E-state index in [9.17, 15) is 24.3 Å². The van der Waals surface area contributed by atoms with Gasteiger partial charge in [-0.25, -0.2) is 0 Å². The molecule has 1 heterocycles. The van der Waals surface area contributed by atoms with Gasteiger partial charge < -0.3 is 29.4 Å². The van der Waals surface area contributed by atoms with Gasteiger partial charge in [0, 0.05) is 6.92 Å². The quantitative estimate of drug-likeness (QED) is 0.451. The van der Waals surface area contributed by atoms with E-state index in [4.69, 9.17) is 18.9 Å². The second-order valence-corrected chi connectivity index (χ2v) is 11.4. The molecule has 1 rings (SSSR count). The summed E-state index contributed by atoms with van der Waals surface area (Å²) in [5.74, 6) is -2.32. The van der Waals surface area contributed by atoms with Crippen LogP contribution in [0.25, 0.3) is 0 Å². The third-order valence-corrected chi connectivity index (χ3v) is 4.73. The maximum atomic E-state index is 12.6. The molecular formula is C23H39NO9. The van der Waals surface area contributed by atoms with Crippen LogP contribution in [0.4, 0.5) is 0 Å². The summed E-state index contributed by atoms with van der Waals surface area (Å²) in [6.45, 7) is 15.7. The first-order valence-electron chi connectivity index (χ1n) is 10.9. The van der Waals surface area contributed by atoms with Gasteiger partial charge in [-0.15, -0.1) is 0 Å². The number of carbonyl (C=O) groups is 4. The van der Waals surface area contributed by atoms with Crippen LogP contribution in [-0.4, -0.2) is 66.2 Å². The van der Waals surface area contributed by atoms with E-state index in [1.165, 1.54) is 6.92 Å². The van der Waals surface area contributed by atoms with Crippen LogP contribution in [0, 0.1) is 16.2 Å². The van der Waals surface area contributed by atoms with Crippen LogP contribution in [-0.2, 0) is 38.1 Å². The zero-order valence-corrected chi connectivity index (χ0v) is 21.3. The Hall–Kier alpha value is -2.20. The van der Waals surface area contributed by atoms with Crippen molar-refractivity contribution in [3.8, 4) is 0 Å². The monoisotopic (exact) mass is 473 g/mol. The summed E-state index contributed by atoms with van der Waals surface area (Å²) in [5.41, 5.74) is -2.61. The van der Waals surface area contributed by atoms with E-state index in [1.54, 1.807) is 62.3 Å². The smallest absolute Gasteiger partial charge is 0.313 e. The Kier molecular flexibility index (Phi) is 9.07. The molecular weight excluding hydrogens is 434 g/mol. The van der Waals surface area contributed by atoms with Crippen molar-refractivity contribution in [2.45, 2.75) is 99.9 Å². The molecule has 1 amide bonds. The van der Waals surface area contributed by atoms with Gasteiger partial charge >= 0.3 is 17.9 Å². The molecule has 0 radical (unpaired) electrons. The fourth-order valence-corrected chi connectivity index (χ4v) is 2.64. The lowest BCUT2D eigenvalue weighted by Crippen LogP contribution is -2.66. The van der Waals surface area contributed by atoms with E-state index in [2.05, 4.69) is 5.32 Å². The topological polar surface area (TPSA) is 137 Å². The summed E-state index contributed by atoms with van der Waals surface area (Å²) in [6.07, 6.45) is -5.40. The van der Waals surface area contributed by atoms with E-state index in [-0.39, 0.29) is 6.61 Å². The highest BCUT2D eigenvalue weighted by Crippen LogP contribution is 2.30. The molecule has 0 bridgehead atoms. The predicted molar refractivity (Wildman–Crippen MR) is 118 cm³/mol. The highest BCUT2D eigenvalue weighted by Gasteiger charge is 2.51. The van der Waals surface area contributed by atoms with Gasteiger partial charge in [-0.2, -0.15) is 0 Å². The molecule has 1 aliphatic rings. The Balaban J connectivity index is 3.31. The van der Waals surface area contributed by atoms with Crippen LogP contribution in [0.5, 0.6) is 0 Å². The molecule has 2 N–H and O–H groups in total. The van der Waals surface area contributed by atoms with Gasteiger partial charge in [0.2, 0.25) is 12.2 Å². The average Bonchev–Trinajstić information content (AvgIpc) is 2.62. The van der Waals surface area contributed by atoms with Crippen molar-refractivity contribution in [1.29, 1.82) is 0 Å². The van der Waals surface area contributed by atoms with Gasteiger partial charge in [0.05, 0.1) is 16.2 Å². The molecule has 0 aromatic carbocycles. The van der Waals surface area contributed by atoms with Crippen molar-refractivity contribution in [2.75, 3.05) is 6.61 Å². The molecule has 0 spiro atoms. The van der Waals surface area contributed by atoms with Crippen LogP contribution in [0.15, 0.2) is 0 Å². The first-order chi connectivity index (χ1) is 14.7. The summed E-state index contributed by atoms with van der Waals surface area (Å²) in [7, 11) is 0. The molecule has 1 fully saturated rings. The number of ether oxygens (including phenoxy) is 4. The normalized spacial score (nSPS) is 26.2. The molecule has 0 saturated carbocycles. The number of aliphatic hydroxyl groups is 1. The molecule has 190 valence electrons. The van der Waals surface area contributed by atoms with Gasteiger partial charge in [0.15, 0.2) is 6.10 Å². The van der Waals surface area contributed by atoms with Crippen molar-refractivity contribution in [2.24, 2.45) is 16.2 Å². The minimum atomic E-state index is -1.48. The van der Waals surface area contributed by atoms with Gasteiger partial charge in [-0.05, 0) is 62.3 Å². The summed E-state index contributed by atoms with van der Waals surface area (Å²) < 4.78 is 22.1. The van der Waals surface area contributed by atoms with E-state index in [1.807, 2.05) is 0 Å². The fraction of sp³-hybridized carbons (Fsp3) is 0.826. The van der Waals surface area contributed by atoms with Gasteiger partial charge in [0.1, 0.15) is 24.9 Å².